The number of hydrogen-bond donors (Lipinski definition) is 2. The molecule has 0 atom stereocenters. The summed E-state index contributed by atoms with van der Waals surface area (Å²) in [6, 6.07) is 0. The molecule has 0 saturated heterocycles. The molecule has 1 heterocycles. The molecule has 1 aliphatic rings. The second-order valence-electron chi connectivity index (χ2n) is 6.74. The standard InChI is InChI=1S/C16H29N5O.HI/c1-5-17-15(18-10-14-20-13(4)21-22-14)19-11-16(7-6-8-16)9-12(2)3;/h12H,5-11H2,1-4H3,(H2,17,18,19);1H. The van der Waals surface area contributed by atoms with Crippen molar-refractivity contribution < 1.29 is 4.52 Å². The number of halogens is 1. The fourth-order valence-electron chi connectivity index (χ4n) is 3.16. The van der Waals surface area contributed by atoms with E-state index >= 15 is 0 Å². The van der Waals surface area contributed by atoms with Gasteiger partial charge < -0.3 is 15.2 Å². The second-order valence-corrected chi connectivity index (χ2v) is 6.74. The minimum absolute atomic E-state index is 0. The van der Waals surface area contributed by atoms with E-state index in [1.165, 1.54) is 25.7 Å². The molecule has 0 unspecified atom stereocenters. The first-order valence-corrected chi connectivity index (χ1v) is 8.34. The van der Waals surface area contributed by atoms with Crippen LogP contribution in [-0.2, 0) is 6.54 Å². The molecule has 2 rings (SSSR count). The predicted octanol–water partition coefficient (Wildman–Crippen LogP) is 3.27. The SMILES string of the molecule is CCNC(=NCc1nc(C)no1)NCC1(CC(C)C)CCC1.I. The van der Waals surface area contributed by atoms with Crippen molar-refractivity contribution in [3.05, 3.63) is 11.7 Å². The van der Waals surface area contributed by atoms with Gasteiger partial charge >= 0.3 is 0 Å². The van der Waals surface area contributed by atoms with Gasteiger partial charge in [0.25, 0.3) is 0 Å². The van der Waals surface area contributed by atoms with E-state index in [4.69, 9.17) is 4.52 Å². The lowest BCUT2D eigenvalue weighted by Crippen LogP contribution is -2.47. The van der Waals surface area contributed by atoms with Gasteiger partial charge in [-0.15, -0.1) is 24.0 Å². The number of aryl methyl sites for hydroxylation is 1. The van der Waals surface area contributed by atoms with Crippen LogP contribution in [0.5, 0.6) is 0 Å². The molecule has 1 fully saturated rings. The lowest BCUT2D eigenvalue weighted by Gasteiger charge is -2.43. The smallest absolute Gasteiger partial charge is 0.248 e. The van der Waals surface area contributed by atoms with Crippen LogP contribution in [0.25, 0.3) is 0 Å². The van der Waals surface area contributed by atoms with Crippen molar-refractivity contribution in [2.75, 3.05) is 13.1 Å². The van der Waals surface area contributed by atoms with E-state index in [1.807, 2.05) is 6.92 Å². The molecule has 0 bridgehead atoms. The topological polar surface area (TPSA) is 75.3 Å². The van der Waals surface area contributed by atoms with Gasteiger partial charge in [-0.1, -0.05) is 25.4 Å². The Morgan fingerprint density at radius 3 is 2.57 bits per heavy atom. The molecule has 0 amide bonds. The molecule has 1 aliphatic carbocycles. The highest BCUT2D eigenvalue weighted by Crippen LogP contribution is 2.45. The molecule has 23 heavy (non-hydrogen) atoms. The number of nitrogens with one attached hydrogen (secondary N) is 2. The van der Waals surface area contributed by atoms with Crippen LogP contribution in [0.15, 0.2) is 9.52 Å². The van der Waals surface area contributed by atoms with Crippen molar-refractivity contribution in [2.45, 2.75) is 59.9 Å². The van der Waals surface area contributed by atoms with Gasteiger partial charge in [-0.2, -0.15) is 4.98 Å². The molecule has 0 radical (unpaired) electrons. The van der Waals surface area contributed by atoms with Crippen LogP contribution in [0.2, 0.25) is 0 Å². The molecule has 0 aliphatic heterocycles. The summed E-state index contributed by atoms with van der Waals surface area (Å²) in [5, 5.41) is 10.6. The first kappa shape index (κ1) is 20.2. The van der Waals surface area contributed by atoms with Crippen LogP contribution < -0.4 is 10.6 Å². The van der Waals surface area contributed by atoms with E-state index in [-0.39, 0.29) is 24.0 Å². The third kappa shape index (κ3) is 6.27. The van der Waals surface area contributed by atoms with Crippen LogP contribution in [0, 0.1) is 18.3 Å². The summed E-state index contributed by atoms with van der Waals surface area (Å²) in [7, 11) is 0. The van der Waals surface area contributed by atoms with Crippen molar-refractivity contribution in [3.8, 4) is 0 Å². The average Bonchev–Trinajstić information content (AvgIpc) is 2.84. The number of hydrogen-bond acceptors (Lipinski definition) is 4. The Kier molecular flexibility index (Phi) is 8.28. The largest absolute Gasteiger partial charge is 0.357 e. The summed E-state index contributed by atoms with van der Waals surface area (Å²) in [6.07, 6.45) is 5.27. The van der Waals surface area contributed by atoms with E-state index in [0.717, 1.165) is 25.0 Å². The molecule has 6 nitrogen and oxygen atoms in total. The summed E-state index contributed by atoms with van der Waals surface area (Å²) in [6.45, 7) is 10.7. The summed E-state index contributed by atoms with van der Waals surface area (Å²) in [4.78, 5) is 8.71. The third-order valence-corrected chi connectivity index (χ3v) is 4.17. The number of aromatic nitrogens is 2. The highest BCUT2D eigenvalue weighted by molar-refractivity contribution is 14.0. The maximum Gasteiger partial charge on any atom is 0.248 e. The van der Waals surface area contributed by atoms with Gasteiger partial charge in [0.2, 0.25) is 5.89 Å². The molecule has 1 aromatic rings. The normalized spacial score (nSPS) is 16.7. The zero-order valence-electron chi connectivity index (χ0n) is 14.7. The van der Waals surface area contributed by atoms with Crippen molar-refractivity contribution >= 4 is 29.9 Å². The maximum atomic E-state index is 5.10. The zero-order valence-corrected chi connectivity index (χ0v) is 17.0. The van der Waals surface area contributed by atoms with Crippen LogP contribution >= 0.6 is 24.0 Å². The van der Waals surface area contributed by atoms with Crippen molar-refractivity contribution in [3.63, 3.8) is 0 Å². The Bertz CT molecular complexity index is 496. The van der Waals surface area contributed by atoms with Crippen LogP contribution in [0.1, 0.15) is 58.2 Å². The average molecular weight is 435 g/mol. The van der Waals surface area contributed by atoms with Crippen LogP contribution in [-0.4, -0.2) is 29.2 Å². The molecule has 2 N–H and O–H groups in total. The van der Waals surface area contributed by atoms with E-state index in [9.17, 15) is 0 Å². The maximum absolute atomic E-state index is 5.10. The molecule has 132 valence electrons. The Hall–Kier alpha value is -0.860. The lowest BCUT2D eigenvalue weighted by molar-refractivity contribution is 0.104. The number of aliphatic imine (C=N–C) groups is 1. The molecule has 1 saturated carbocycles. The molecule has 1 aromatic heterocycles. The highest BCUT2D eigenvalue weighted by Gasteiger charge is 2.37. The first-order valence-electron chi connectivity index (χ1n) is 8.34. The Balaban J connectivity index is 0.00000264. The Morgan fingerprint density at radius 2 is 2.09 bits per heavy atom. The number of rotatable bonds is 7. The highest BCUT2D eigenvalue weighted by atomic mass is 127. The van der Waals surface area contributed by atoms with Gasteiger partial charge in [-0.25, -0.2) is 4.99 Å². The predicted molar refractivity (Wildman–Crippen MR) is 103 cm³/mol. The van der Waals surface area contributed by atoms with Crippen molar-refractivity contribution in [2.24, 2.45) is 16.3 Å². The third-order valence-electron chi connectivity index (χ3n) is 4.17. The summed E-state index contributed by atoms with van der Waals surface area (Å²) >= 11 is 0. The summed E-state index contributed by atoms with van der Waals surface area (Å²) < 4.78 is 5.10. The van der Waals surface area contributed by atoms with Gasteiger partial charge in [0.15, 0.2) is 11.8 Å². The van der Waals surface area contributed by atoms with Gasteiger partial charge in [0.1, 0.15) is 6.54 Å². The van der Waals surface area contributed by atoms with Gasteiger partial charge in [0, 0.05) is 13.1 Å². The minimum atomic E-state index is 0. The fourth-order valence-corrected chi connectivity index (χ4v) is 3.16. The molecular formula is C16H30IN5O. The monoisotopic (exact) mass is 435 g/mol. The van der Waals surface area contributed by atoms with Crippen molar-refractivity contribution in [1.82, 2.24) is 20.8 Å². The summed E-state index contributed by atoms with van der Waals surface area (Å²) in [5.41, 5.74) is 0.450. The molecule has 7 heteroatoms. The van der Waals surface area contributed by atoms with Crippen LogP contribution in [0.3, 0.4) is 0 Å². The lowest BCUT2D eigenvalue weighted by atomic mass is 9.64. The van der Waals surface area contributed by atoms with Crippen molar-refractivity contribution in [1.29, 1.82) is 0 Å². The quantitative estimate of drug-likeness (QED) is 0.391. The van der Waals surface area contributed by atoms with Gasteiger partial charge in [0.05, 0.1) is 0 Å². The van der Waals surface area contributed by atoms with E-state index in [1.54, 1.807) is 0 Å². The van der Waals surface area contributed by atoms with E-state index in [0.29, 0.717) is 23.7 Å². The zero-order chi connectivity index (χ0) is 16.0. The van der Waals surface area contributed by atoms with Gasteiger partial charge in [-0.3, -0.25) is 0 Å². The Morgan fingerprint density at radius 1 is 1.35 bits per heavy atom. The summed E-state index contributed by atoms with van der Waals surface area (Å²) in [5.74, 6) is 2.76. The van der Waals surface area contributed by atoms with Crippen LogP contribution in [0.4, 0.5) is 0 Å². The second kappa shape index (κ2) is 9.44. The number of nitrogens with zero attached hydrogens (tertiary/aromatic N) is 3. The van der Waals surface area contributed by atoms with E-state index < -0.39 is 0 Å². The van der Waals surface area contributed by atoms with E-state index in [2.05, 4.69) is 46.5 Å². The number of guanidine groups is 1. The molecular weight excluding hydrogens is 405 g/mol. The molecule has 0 aromatic carbocycles. The first-order chi connectivity index (χ1) is 10.5. The molecule has 0 spiro atoms. The van der Waals surface area contributed by atoms with Gasteiger partial charge in [-0.05, 0) is 44.4 Å². The Labute approximate surface area is 156 Å². The minimum Gasteiger partial charge on any atom is -0.357 e. The fraction of sp³-hybridized carbons (Fsp3) is 0.812.